The Hall–Kier alpha value is -1.13. The van der Waals surface area contributed by atoms with E-state index < -0.39 is 0 Å². The van der Waals surface area contributed by atoms with Gasteiger partial charge in [0.1, 0.15) is 4.83 Å². The third kappa shape index (κ3) is 4.42. The van der Waals surface area contributed by atoms with Gasteiger partial charge in [-0.2, -0.15) is 0 Å². The van der Waals surface area contributed by atoms with Crippen LogP contribution in [-0.4, -0.2) is 10.7 Å². The van der Waals surface area contributed by atoms with Crippen LogP contribution in [0.4, 0.5) is 0 Å². The van der Waals surface area contributed by atoms with E-state index in [0.29, 0.717) is 0 Å². The summed E-state index contributed by atoms with van der Waals surface area (Å²) in [6.07, 6.45) is 0. The molecule has 21 heavy (non-hydrogen) atoms. The summed E-state index contributed by atoms with van der Waals surface area (Å²) in [5, 5.41) is 3.03. The monoisotopic (exact) mass is 409 g/mol. The second-order valence-corrected chi connectivity index (χ2v) is 6.83. The van der Waals surface area contributed by atoms with Gasteiger partial charge in [0, 0.05) is 0 Å². The van der Waals surface area contributed by atoms with E-state index in [-0.39, 0.29) is 21.6 Å². The highest BCUT2D eigenvalue weighted by Gasteiger charge is 2.25. The average Bonchev–Trinajstić information content (AvgIpc) is 2.55. The summed E-state index contributed by atoms with van der Waals surface area (Å²) < 4.78 is 0. The SMILES string of the molecule is C[C@@H](NC(=O)[C@@H](Br)[C@H](Br)c1ccccc1)c1ccccc1. The number of carbonyl (C=O) groups is 1. The molecule has 0 radical (unpaired) electrons. The summed E-state index contributed by atoms with van der Waals surface area (Å²) in [4.78, 5) is 12.0. The van der Waals surface area contributed by atoms with Crippen molar-refractivity contribution < 1.29 is 4.79 Å². The summed E-state index contributed by atoms with van der Waals surface area (Å²) >= 11 is 7.08. The van der Waals surface area contributed by atoms with Crippen LogP contribution in [0.25, 0.3) is 0 Å². The molecule has 0 aliphatic heterocycles. The highest BCUT2D eigenvalue weighted by atomic mass is 79.9. The number of halogens is 2. The lowest BCUT2D eigenvalue weighted by Crippen LogP contribution is -2.35. The van der Waals surface area contributed by atoms with E-state index in [9.17, 15) is 4.79 Å². The fourth-order valence-corrected chi connectivity index (χ4v) is 3.04. The number of alkyl halides is 2. The number of benzene rings is 2. The van der Waals surface area contributed by atoms with Crippen molar-refractivity contribution in [2.24, 2.45) is 0 Å². The Morgan fingerprint density at radius 1 is 0.905 bits per heavy atom. The summed E-state index contributed by atoms with van der Waals surface area (Å²) in [5.41, 5.74) is 2.17. The number of hydrogen-bond acceptors (Lipinski definition) is 1. The molecule has 2 aromatic carbocycles. The van der Waals surface area contributed by atoms with Gasteiger partial charge in [0.2, 0.25) is 5.91 Å². The van der Waals surface area contributed by atoms with Gasteiger partial charge >= 0.3 is 0 Å². The van der Waals surface area contributed by atoms with Gasteiger partial charge in [-0.25, -0.2) is 0 Å². The largest absolute Gasteiger partial charge is 0.349 e. The zero-order valence-corrected chi connectivity index (χ0v) is 14.8. The Balaban J connectivity index is 2.00. The second-order valence-electron chi connectivity index (χ2n) is 4.86. The Morgan fingerprint density at radius 3 is 1.90 bits per heavy atom. The van der Waals surface area contributed by atoms with Crippen molar-refractivity contribution in [1.29, 1.82) is 0 Å². The summed E-state index contributed by atoms with van der Waals surface area (Å²) in [7, 11) is 0. The van der Waals surface area contributed by atoms with E-state index >= 15 is 0 Å². The Kier molecular flexibility index (Phi) is 6.00. The van der Waals surface area contributed by atoms with Crippen LogP contribution in [0.3, 0.4) is 0 Å². The third-order valence-corrected chi connectivity index (χ3v) is 6.00. The lowest BCUT2D eigenvalue weighted by atomic mass is 10.1. The number of carbonyl (C=O) groups excluding carboxylic acids is 1. The Labute approximate surface area is 142 Å². The average molecular weight is 411 g/mol. The zero-order valence-electron chi connectivity index (χ0n) is 11.7. The van der Waals surface area contributed by atoms with Crippen molar-refractivity contribution in [3.05, 3.63) is 71.8 Å². The molecule has 2 aromatic rings. The molecule has 0 spiro atoms. The van der Waals surface area contributed by atoms with Crippen molar-refractivity contribution in [3.63, 3.8) is 0 Å². The van der Waals surface area contributed by atoms with E-state index in [1.54, 1.807) is 0 Å². The van der Waals surface area contributed by atoms with E-state index in [1.807, 2.05) is 67.6 Å². The van der Waals surface area contributed by atoms with E-state index in [2.05, 4.69) is 37.2 Å². The van der Waals surface area contributed by atoms with Crippen molar-refractivity contribution >= 4 is 37.8 Å². The van der Waals surface area contributed by atoms with E-state index in [0.717, 1.165) is 11.1 Å². The van der Waals surface area contributed by atoms with Crippen molar-refractivity contribution in [2.45, 2.75) is 22.6 Å². The molecule has 1 N–H and O–H groups in total. The van der Waals surface area contributed by atoms with E-state index in [4.69, 9.17) is 0 Å². The first-order chi connectivity index (χ1) is 10.1. The fourth-order valence-electron chi connectivity index (χ4n) is 2.06. The van der Waals surface area contributed by atoms with Gasteiger partial charge in [-0.3, -0.25) is 4.79 Å². The van der Waals surface area contributed by atoms with Gasteiger partial charge in [-0.1, -0.05) is 92.5 Å². The maximum absolute atomic E-state index is 12.4. The van der Waals surface area contributed by atoms with Gasteiger partial charge in [0.25, 0.3) is 0 Å². The molecule has 0 fully saturated rings. The molecule has 0 aliphatic carbocycles. The molecule has 2 rings (SSSR count). The second kappa shape index (κ2) is 7.76. The van der Waals surface area contributed by atoms with Crippen molar-refractivity contribution in [1.82, 2.24) is 5.32 Å². The molecule has 110 valence electrons. The third-order valence-electron chi connectivity index (χ3n) is 3.28. The summed E-state index contributed by atoms with van der Waals surface area (Å²) in [6, 6.07) is 19.8. The zero-order chi connectivity index (χ0) is 15.2. The molecule has 4 heteroatoms. The maximum Gasteiger partial charge on any atom is 0.235 e. The first kappa shape index (κ1) is 16.2. The molecule has 0 aromatic heterocycles. The molecule has 0 heterocycles. The summed E-state index contributed by atoms with van der Waals surface area (Å²) in [5.74, 6) is -0.0305. The van der Waals surface area contributed by atoms with Gasteiger partial charge in [0.05, 0.1) is 10.9 Å². The van der Waals surface area contributed by atoms with Gasteiger partial charge in [-0.05, 0) is 18.1 Å². The Morgan fingerprint density at radius 2 is 1.38 bits per heavy atom. The van der Waals surface area contributed by atoms with Crippen LogP contribution in [0.5, 0.6) is 0 Å². The molecule has 0 saturated carbocycles. The van der Waals surface area contributed by atoms with Gasteiger partial charge < -0.3 is 5.32 Å². The number of hydrogen-bond donors (Lipinski definition) is 1. The first-order valence-electron chi connectivity index (χ1n) is 6.78. The van der Waals surface area contributed by atoms with Crippen molar-refractivity contribution in [2.75, 3.05) is 0 Å². The molecular weight excluding hydrogens is 394 g/mol. The molecule has 0 aliphatic rings. The van der Waals surface area contributed by atoms with Crippen LogP contribution in [0, 0.1) is 0 Å². The predicted molar refractivity (Wildman–Crippen MR) is 93.8 cm³/mol. The van der Waals surface area contributed by atoms with Crippen LogP contribution in [0.15, 0.2) is 60.7 Å². The minimum absolute atomic E-state index is 0.0192. The molecule has 0 saturated heterocycles. The van der Waals surface area contributed by atoms with Crippen LogP contribution in [0.2, 0.25) is 0 Å². The predicted octanol–water partition coefficient (Wildman–Crippen LogP) is 4.76. The molecule has 1 amide bonds. The van der Waals surface area contributed by atoms with Crippen molar-refractivity contribution in [3.8, 4) is 0 Å². The minimum atomic E-state index is -0.328. The normalized spacial score (nSPS) is 15.0. The number of rotatable bonds is 5. The number of nitrogens with one attached hydrogen (secondary N) is 1. The minimum Gasteiger partial charge on any atom is -0.349 e. The van der Waals surface area contributed by atoms with E-state index in [1.165, 1.54) is 0 Å². The fraction of sp³-hybridized carbons (Fsp3) is 0.235. The highest BCUT2D eigenvalue weighted by Crippen LogP contribution is 2.31. The first-order valence-corrected chi connectivity index (χ1v) is 8.61. The lowest BCUT2D eigenvalue weighted by Gasteiger charge is -2.20. The standard InChI is InChI=1S/C17H17Br2NO/c1-12(13-8-4-2-5-9-13)20-17(21)16(19)15(18)14-10-6-3-7-11-14/h2-12,15-16H,1H3,(H,20,21)/t12-,15-,16+/m1/s1. The molecule has 0 unspecified atom stereocenters. The number of amides is 1. The molecule has 3 atom stereocenters. The van der Waals surface area contributed by atoms with Crippen LogP contribution in [0.1, 0.15) is 28.9 Å². The van der Waals surface area contributed by atoms with Crippen LogP contribution < -0.4 is 5.32 Å². The van der Waals surface area contributed by atoms with Gasteiger partial charge in [-0.15, -0.1) is 0 Å². The van der Waals surface area contributed by atoms with Crippen LogP contribution >= 0.6 is 31.9 Å². The maximum atomic E-state index is 12.4. The smallest absolute Gasteiger partial charge is 0.235 e. The molecule has 2 nitrogen and oxygen atoms in total. The van der Waals surface area contributed by atoms with Crippen LogP contribution in [-0.2, 0) is 4.79 Å². The molecular formula is C17H17Br2NO. The highest BCUT2D eigenvalue weighted by molar-refractivity contribution is 9.12. The quantitative estimate of drug-likeness (QED) is 0.707. The van der Waals surface area contributed by atoms with Gasteiger partial charge in [0.15, 0.2) is 0 Å². The molecule has 0 bridgehead atoms. The summed E-state index contributed by atoms with van der Waals surface area (Å²) in [6.45, 7) is 1.98. The topological polar surface area (TPSA) is 29.1 Å². The lowest BCUT2D eigenvalue weighted by molar-refractivity contribution is -0.121. The Bertz CT molecular complexity index is 574.